The third kappa shape index (κ3) is 4.35. The van der Waals surface area contributed by atoms with Gasteiger partial charge in [0.25, 0.3) is 11.7 Å². The van der Waals surface area contributed by atoms with Gasteiger partial charge in [0, 0.05) is 30.0 Å². The molecule has 0 bridgehead atoms. The summed E-state index contributed by atoms with van der Waals surface area (Å²) in [5, 5.41) is 11.5. The standard InChI is InChI=1S/C30H32N2O4/c1-6-31(7-2)21-12-14-22(15-13-21)32-27(24-11-9-8-10-19(24)3)26(29(34)30(32)35)28(33)25-17-16-23(36-5)18-20(25)4/h8-18,27,33H,6-7H2,1-5H3/b28-26+. The van der Waals surface area contributed by atoms with E-state index in [-0.39, 0.29) is 11.3 Å². The van der Waals surface area contributed by atoms with E-state index in [4.69, 9.17) is 4.74 Å². The van der Waals surface area contributed by atoms with E-state index in [1.165, 1.54) is 4.90 Å². The predicted molar refractivity (Wildman–Crippen MR) is 144 cm³/mol. The summed E-state index contributed by atoms with van der Waals surface area (Å²) in [5.74, 6) is -0.910. The van der Waals surface area contributed by atoms with E-state index in [1.807, 2.05) is 62.4 Å². The Kier molecular flexibility index (Phi) is 7.15. The van der Waals surface area contributed by atoms with E-state index in [9.17, 15) is 14.7 Å². The van der Waals surface area contributed by atoms with Gasteiger partial charge in [-0.15, -0.1) is 0 Å². The van der Waals surface area contributed by atoms with Crippen LogP contribution in [0.15, 0.2) is 72.3 Å². The quantitative estimate of drug-likeness (QED) is 0.261. The van der Waals surface area contributed by atoms with Gasteiger partial charge < -0.3 is 14.7 Å². The highest BCUT2D eigenvalue weighted by Crippen LogP contribution is 2.43. The summed E-state index contributed by atoms with van der Waals surface area (Å²) < 4.78 is 5.29. The minimum Gasteiger partial charge on any atom is -0.507 e. The molecule has 1 saturated heterocycles. The van der Waals surface area contributed by atoms with Gasteiger partial charge in [-0.05, 0) is 86.8 Å². The number of Topliss-reactive ketones (excluding diaryl/α,β-unsaturated/α-hetero) is 1. The summed E-state index contributed by atoms with van der Waals surface area (Å²) in [5.41, 5.74) is 4.67. The number of methoxy groups -OCH3 is 1. The Morgan fingerprint density at radius 2 is 1.61 bits per heavy atom. The van der Waals surface area contributed by atoms with Gasteiger partial charge in [0.05, 0.1) is 18.7 Å². The molecule has 1 unspecified atom stereocenters. The Morgan fingerprint density at radius 1 is 0.944 bits per heavy atom. The fraction of sp³-hybridized carbons (Fsp3) is 0.267. The number of ether oxygens (including phenoxy) is 1. The van der Waals surface area contributed by atoms with Crippen molar-refractivity contribution < 1.29 is 19.4 Å². The van der Waals surface area contributed by atoms with Gasteiger partial charge in [0.15, 0.2) is 0 Å². The molecular formula is C30H32N2O4. The molecule has 1 N–H and O–H groups in total. The maximum absolute atomic E-state index is 13.5. The first-order valence-electron chi connectivity index (χ1n) is 12.2. The highest BCUT2D eigenvalue weighted by atomic mass is 16.5. The van der Waals surface area contributed by atoms with Crippen LogP contribution in [0.25, 0.3) is 5.76 Å². The van der Waals surface area contributed by atoms with Crippen LogP contribution in [0.5, 0.6) is 5.75 Å². The average molecular weight is 485 g/mol. The molecular weight excluding hydrogens is 452 g/mol. The van der Waals surface area contributed by atoms with Crippen LogP contribution in [0, 0.1) is 13.8 Å². The van der Waals surface area contributed by atoms with Crippen LogP contribution >= 0.6 is 0 Å². The van der Waals surface area contributed by atoms with Crippen molar-refractivity contribution in [1.29, 1.82) is 0 Å². The second-order valence-corrected chi connectivity index (χ2v) is 8.90. The second kappa shape index (κ2) is 10.3. The maximum atomic E-state index is 13.5. The molecule has 0 aromatic heterocycles. The number of aryl methyl sites for hydroxylation is 2. The topological polar surface area (TPSA) is 70.1 Å². The SMILES string of the molecule is CCN(CC)c1ccc(N2C(=O)C(=O)/C(=C(/O)c3ccc(OC)cc3C)C2c2ccccc2C)cc1. The molecule has 186 valence electrons. The van der Waals surface area contributed by atoms with Crippen molar-refractivity contribution in [1.82, 2.24) is 0 Å². The molecule has 1 aliphatic rings. The van der Waals surface area contributed by atoms with Gasteiger partial charge in [-0.1, -0.05) is 24.3 Å². The Labute approximate surface area is 212 Å². The molecule has 1 amide bonds. The fourth-order valence-electron chi connectivity index (χ4n) is 4.87. The van der Waals surface area contributed by atoms with E-state index in [2.05, 4.69) is 18.7 Å². The normalized spacial score (nSPS) is 16.9. The van der Waals surface area contributed by atoms with E-state index in [0.717, 1.165) is 35.5 Å². The Morgan fingerprint density at radius 3 is 2.19 bits per heavy atom. The number of amides is 1. The summed E-state index contributed by atoms with van der Waals surface area (Å²) >= 11 is 0. The number of anilines is 2. The molecule has 4 rings (SSSR count). The lowest BCUT2D eigenvalue weighted by Crippen LogP contribution is -2.30. The van der Waals surface area contributed by atoms with E-state index >= 15 is 0 Å². The number of hydrogen-bond acceptors (Lipinski definition) is 5. The minimum atomic E-state index is -0.757. The predicted octanol–water partition coefficient (Wildman–Crippen LogP) is 5.78. The number of benzene rings is 3. The van der Waals surface area contributed by atoms with Crippen LogP contribution < -0.4 is 14.5 Å². The van der Waals surface area contributed by atoms with Gasteiger partial charge in [-0.25, -0.2) is 0 Å². The molecule has 36 heavy (non-hydrogen) atoms. The zero-order chi connectivity index (χ0) is 26.0. The number of aliphatic hydroxyl groups is 1. The van der Waals surface area contributed by atoms with Crippen molar-refractivity contribution in [3.8, 4) is 5.75 Å². The zero-order valence-electron chi connectivity index (χ0n) is 21.4. The van der Waals surface area contributed by atoms with Gasteiger partial charge in [-0.3, -0.25) is 14.5 Å². The van der Waals surface area contributed by atoms with Crippen molar-refractivity contribution in [3.05, 3.63) is 94.6 Å². The Balaban J connectivity index is 1.90. The maximum Gasteiger partial charge on any atom is 0.300 e. The Hall–Kier alpha value is -4.06. The molecule has 0 saturated carbocycles. The zero-order valence-corrected chi connectivity index (χ0v) is 21.4. The molecule has 6 nitrogen and oxygen atoms in total. The molecule has 1 heterocycles. The van der Waals surface area contributed by atoms with Crippen LogP contribution in [-0.4, -0.2) is 37.0 Å². The van der Waals surface area contributed by atoms with Crippen molar-refractivity contribution in [2.45, 2.75) is 33.7 Å². The van der Waals surface area contributed by atoms with Gasteiger partial charge in [0.1, 0.15) is 11.5 Å². The molecule has 1 fully saturated rings. The lowest BCUT2D eigenvalue weighted by Gasteiger charge is -2.28. The molecule has 0 spiro atoms. The molecule has 0 aliphatic carbocycles. The summed E-state index contributed by atoms with van der Waals surface area (Å²) in [6.07, 6.45) is 0. The van der Waals surface area contributed by atoms with Crippen LogP contribution in [0.2, 0.25) is 0 Å². The number of carbonyl (C=O) groups excluding carboxylic acids is 2. The first kappa shape index (κ1) is 25.0. The molecule has 1 aliphatic heterocycles. The molecule has 6 heteroatoms. The van der Waals surface area contributed by atoms with E-state index in [0.29, 0.717) is 17.0 Å². The summed E-state index contributed by atoms with van der Waals surface area (Å²) in [6.45, 7) is 9.69. The minimum absolute atomic E-state index is 0.0791. The summed E-state index contributed by atoms with van der Waals surface area (Å²) in [4.78, 5) is 30.6. The number of hydrogen-bond donors (Lipinski definition) is 1. The molecule has 3 aromatic rings. The monoisotopic (exact) mass is 484 g/mol. The van der Waals surface area contributed by atoms with Crippen LogP contribution in [-0.2, 0) is 9.59 Å². The van der Waals surface area contributed by atoms with Crippen molar-refractivity contribution >= 4 is 28.8 Å². The van der Waals surface area contributed by atoms with Crippen LogP contribution in [0.3, 0.4) is 0 Å². The van der Waals surface area contributed by atoms with Gasteiger partial charge in [-0.2, -0.15) is 0 Å². The molecule has 3 aromatic carbocycles. The van der Waals surface area contributed by atoms with Crippen molar-refractivity contribution in [2.75, 3.05) is 30.0 Å². The van der Waals surface area contributed by atoms with Crippen LogP contribution in [0.1, 0.15) is 42.1 Å². The number of ketones is 1. The number of carbonyl (C=O) groups is 2. The first-order valence-corrected chi connectivity index (χ1v) is 12.2. The molecule has 0 radical (unpaired) electrons. The fourth-order valence-corrected chi connectivity index (χ4v) is 4.87. The second-order valence-electron chi connectivity index (χ2n) is 8.90. The van der Waals surface area contributed by atoms with Crippen molar-refractivity contribution in [3.63, 3.8) is 0 Å². The summed E-state index contributed by atoms with van der Waals surface area (Å²) in [7, 11) is 1.57. The number of nitrogens with zero attached hydrogens (tertiary/aromatic N) is 2. The smallest absolute Gasteiger partial charge is 0.300 e. The lowest BCUT2D eigenvalue weighted by molar-refractivity contribution is -0.132. The van der Waals surface area contributed by atoms with Crippen molar-refractivity contribution in [2.24, 2.45) is 0 Å². The molecule has 1 atom stereocenters. The number of rotatable bonds is 7. The highest BCUT2D eigenvalue weighted by Gasteiger charge is 2.47. The summed E-state index contributed by atoms with van der Waals surface area (Å²) in [6, 6.07) is 19.8. The third-order valence-corrected chi connectivity index (χ3v) is 6.87. The van der Waals surface area contributed by atoms with Gasteiger partial charge in [0.2, 0.25) is 0 Å². The van der Waals surface area contributed by atoms with E-state index in [1.54, 1.807) is 25.3 Å². The van der Waals surface area contributed by atoms with Gasteiger partial charge >= 0.3 is 0 Å². The van der Waals surface area contributed by atoms with E-state index < -0.39 is 17.7 Å². The highest BCUT2D eigenvalue weighted by molar-refractivity contribution is 6.51. The average Bonchev–Trinajstić information content (AvgIpc) is 3.15. The third-order valence-electron chi connectivity index (χ3n) is 6.87. The lowest BCUT2D eigenvalue weighted by atomic mass is 9.91. The van der Waals surface area contributed by atoms with Crippen LogP contribution in [0.4, 0.5) is 11.4 Å². The Bertz CT molecular complexity index is 1320. The first-order chi connectivity index (χ1) is 17.3. The largest absolute Gasteiger partial charge is 0.507 e. The number of aliphatic hydroxyl groups excluding tert-OH is 1.